The van der Waals surface area contributed by atoms with Crippen LogP contribution in [0.15, 0.2) is 84.9 Å². The molecule has 0 saturated carbocycles. The van der Waals surface area contributed by atoms with Crippen LogP contribution in [0.5, 0.6) is 5.75 Å². The molecule has 5 heteroatoms. The van der Waals surface area contributed by atoms with Crippen molar-refractivity contribution >= 4 is 22.7 Å². The quantitative estimate of drug-likeness (QED) is 0.499. The van der Waals surface area contributed by atoms with Crippen LogP contribution in [0.4, 0.5) is 0 Å². The third-order valence-corrected chi connectivity index (χ3v) is 5.32. The van der Waals surface area contributed by atoms with E-state index in [0.717, 1.165) is 16.5 Å². The molecule has 148 valence electrons. The number of carbonyl (C=O) groups is 2. The first-order valence-corrected chi connectivity index (χ1v) is 9.88. The van der Waals surface area contributed by atoms with Crippen LogP contribution < -0.4 is 4.74 Å². The van der Waals surface area contributed by atoms with Crippen molar-refractivity contribution in [3.8, 4) is 5.75 Å². The Balaban J connectivity index is 1.43. The van der Waals surface area contributed by atoms with E-state index in [2.05, 4.69) is 0 Å². The fourth-order valence-electron chi connectivity index (χ4n) is 3.84. The normalized spacial score (nSPS) is 13.5. The number of aromatic nitrogens is 1. The van der Waals surface area contributed by atoms with Crippen molar-refractivity contribution < 1.29 is 14.3 Å². The molecule has 0 bridgehead atoms. The first-order valence-electron chi connectivity index (χ1n) is 9.88. The summed E-state index contributed by atoms with van der Waals surface area (Å²) < 4.78 is 7.43. The molecular formula is C25H20N2O3. The monoisotopic (exact) mass is 396 g/mol. The second kappa shape index (κ2) is 7.52. The van der Waals surface area contributed by atoms with Crippen LogP contribution in [0.25, 0.3) is 10.9 Å². The van der Waals surface area contributed by atoms with Gasteiger partial charge < -0.3 is 9.64 Å². The van der Waals surface area contributed by atoms with Gasteiger partial charge in [0.15, 0.2) is 0 Å². The summed E-state index contributed by atoms with van der Waals surface area (Å²) in [6.07, 6.45) is 0. The van der Waals surface area contributed by atoms with E-state index in [0.29, 0.717) is 30.1 Å². The number of ether oxygens (including phenoxy) is 1. The van der Waals surface area contributed by atoms with Crippen LogP contribution in [-0.4, -0.2) is 27.8 Å². The summed E-state index contributed by atoms with van der Waals surface area (Å²) in [7, 11) is 0. The number of rotatable bonds is 5. The standard InChI is InChI=1S/C25H20N2O3/c28-24-16-26(15-18-7-3-1-4-8-18)25(29)23-13-20-11-12-21(14-22(20)27(23)24)30-17-19-9-5-2-6-10-19/h1-14H,15-17H2. The first-order chi connectivity index (χ1) is 14.7. The Hall–Kier alpha value is -3.86. The number of amides is 1. The van der Waals surface area contributed by atoms with Crippen molar-refractivity contribution in [1.29, 1.82) is 0 Å². The molecule has 0 N–H and O–H groups in total. The summed E-state index contributed by atoms with van der Waals surface area (Å²) in [6.45, 7) is 0.912. The van der Waals surface area contributed by atoms with Gasteiger partial charge in [-0.15, -0.1) is 0 Å². The molecule has 1 aliphatic rings. The van der Waals surface area contributed by atoms with E-state index in [1.807, 2.05) is 78.9 Å². The first kappa shape index (κ1) is 18.2. The highest BCUT2D eigenvalue weighted by atomic mass is 16.5. The predicted octanol–water partition coefficient (Wildman–Crippen LogP) is 4.52. The van der Waals surface area contributed by atoms with Crippen LogP contribution in [0.2, 0.25) is 0 Å². The zero-order valence-corrected chi connectivity index (χ0v) is 16.3. The van der Waals surface area contributed by atoms with Gasteiger partial charge in [0.1, 0.15) is 24.6 Å². The number of nitrogens with zero attached hydrogens (tertiary/aromatic N) is 2. The van der Waals surface area contributed by atoms with Crippen LogP contribution in [0.1, 0.15) is 26.4 Å². The smallest absolute Gasteiger partial charge is 0.271 e. The Kier molecular flexibility index (Phi) is 4.56. The summed E-state index contributed by atoms with van der Waals surface area (Å²) in [6, 6.07) is 27.0. The molecule has 4 aromatic rings. The summed E-state index contributed by atoms with van der Waals surface area (Å²) in [5.41, 5.74) is 3.17. The molecule has 1 amide bonds. The van der Waals surface area contributed by atoms with Crippen molar-refractivity contribution in [3.63, 3.8) is 0 Å². The second-order valence-electron chi connectivity index (χ2n) is 7.40. The van der Waals surface area contributed by atoms with Crippen molar-refractivity contribution in [2.45, 2.75) is 13.2 Å². The van der Waals surface area contributed by atoms with Crippen LogP contribution in [-0.2, 0) is 13.2 Å². The van der Waals surface area contributed by atoms with Gasteiger partial charge in [-0.3, -0.25) is 14.2 Å². The van der Waals surface area contributed by atoms with Crippen LogP contribution in [0.3, 0.4) is 0 Å². The highest BCUT2D eigenvalue weighted by molar-refractivity contribution is 6.09. The van der Waals surface area contributed by atoms with E-state index in [1.165, 1.54) is 4.57 Å². The molecule has 3 aromatic carbocycles. The zero-order chi connectivity index (χ0) is 20.5. The van der Waals surface area contributed by atoms with E-state index in [9.17, 15) is 9.59 Å². The van der Waals surface area contributed by atoms with Gasteiger partial charge in [0, 0.05) is 18.0 Å². The third kappa shape index (κ3) is 3.35. The molecule has 0 unspecified atom stereocenters. The summed E-state index contributed by atoms with van der Waals surface area (Å²) in [5, 5.41) is 0.848. The van der Waals surface area contributed by atoms with Crippen molar-refractivity contribution in [2.75, 3.05) is 6.54 Å². The summed E-state index contributed by atoms with van der Waals surface area (Å²) in [5.74, 6) is 0.413. The van der Waals surface area contributed by atoms with Crippen LogP contribution in [0, 0.1) is 0 Å². The molecule has 0 atom stereocenters. The molecule has 30 heavy (non-hydrogen) atoms. The number of fused-ring (bicyclic) bond motifs is 3. The van der Waals surface area contributed by atoms with Crippen molar-refractivity contribution in [3.05, 3.63) is 102 Å². The minimum atomic E-state index is -0.138. The minimum Gasteiger partial charge on any atom is -0.489 e. The fraction of sp³-hybridized carbons (Fsp3) is 0.120. The molecule has 0 spiro atoms. The van der Waals surface area contributed by atoms with Gasteiger partial charge in [-0.25, -0.2) is 0 Å². The fourth-order valence-corrected chi connectivity index (χ4v) is 3.84. The molecule has 0 aliphatic carbocycles. The van der Waals surface area contributed by atoms with Crippen LogP contribution >= 0.6 is 0 Å². The van der Waals surface area contributed by atoms with E-state index >= 15 is 0 Å². The minimum absolute atomic E-state index is 0.0552. The number of hydrogen-bond donors (Lipinski definition) is 0. The Morgan fingerprint density at radius 2 is 1.50 bits per heavy atom. The maximum atomic E-state index is 13.1. The highest BCUT2D eigenvalue weighted by Gasteiger charge is 2.31. The number of benzene rings is 3. The molecule has 1 aromatic heterocycles. The molecule has 2 heterocycles. The zero-order valence-electron chi connectivity index (χ0n) is 16.3. The maximum Gasteiger partial charge on any atom is 0.271 e. The molecule has 5 rings (SSSR count). The lowest BCUT2D eigenvalue weighted by Crippen LogP contribution is -2.43. The van der Waals surface area contributed by atoms with Gasteiger partial charge in [0.2, 0.25) is 0 Å². The Morgan fingerprint density at radius 1 is 0.800 bits per heavy atom. The number of carbonyl (C=O) groups excluding carboxylic acids is 2. The van der Waals surface area contributed by atoms with Crippen molar-refractivity contribution in [2.24, 2.45) is 0 Å². The van der Waals surface area contributed by atoms with Crippen molar-refractivity contribution in [1.82, 2.24) is 9.47 Å². The van der Waals surface area contributed by atoms with E-state index in [1.54, 1.807) is 11.0 Å². The van der Waals surface area contributed by atoms with Gasteiger partial charge in [-0.2, -0.15) is 0 Å². The Labute approximate surface area is 174 Å². The van der Waals surface area contributed by atoms with E-state index in [-0.39, 0.29) is 18.4 Å². The SMILES string of the molecule is O=C1c2cc3ccc(OCc4ccccc4)cc3n2C(=O)CN1Cc1ccccc1. The molecule has 0 saturated heterocycles. The van der Waals surface area contributed by atoms with Gasteiger partial charge >= 0.3 is 0 Å². The lowest BCUT2D eigenvalue weighted by atomic mass is 10.2. The Morgan fingerprint density at radius 3 is 2.23 bits per heavy atom. The van der Waals surface area contributed by atoms with E-state index in [4.69, 9.17) is 4.74 Å². The third-order valence-electron chi connectivity index (χ3n) is 5.32. The Bertz CT molecular complexity index is 1230. The molecule has 0 radical (unpaired) electrons. The second-order valence-corrected chi connectivity index (χ2v) is 7.40. The van der Waals surface area contributed by atoms with E-state index < -0.39 is 0 Å². The number of hydrogen-bond acceptors (Lipinski definition) is 3. The van der Waals surface area contributed by atoms with Gasteiger partial charge in [-0.1, -0.05) is 60.7 Å². The maximum absolute atomic E-state index is 13.1. The molecular weight excluding hydrogens is 376 g/mol. The summed E-state index contributed by atoms with van der Waals surface area (Å²) in [4.78, 5) is 27.6. The average molecular weight is 396 g/mol. The lowest BCUT2D eigenvalue weighted by molar-refractivity contribution is 0.0612. The lowest BCUT2D eigenvalue weighted by Gasteiger charge is -2.27. The van der Waals surface area contributed by atoms with Gasteiger partial charge in [0.05, 0.1) is 5.52 Å². The highest BCUT2D eigenvalue weighted by Crippen LogP contribution is 2.28. The topological polar surface area (TPSA) is 51.5 Å². The molecule has 1 aliphatic heterocycles. The van der Waals surface area contributed by atoms with Gasteiger partial charge in [-0.05, 0) is 29.3 Å². The largest absolute Gasteiger partial charge is 0.489 e. The molecule has 5 nitrogen and oxygen atoms in total. The predicted molar refractivity (Wildman–Crippen MR) is 115 cm³/mol. The van der Waals surface area contributed by atoms with Gasteiger partial charge in [0.25, 0.3) is 11.8 Å². The average Bonchev–Trinajstić information content (AvgIpc) is 3.17. The molecule has 0 fully saturated rings. The summed E-state index contributed by atoms with van der Waals surface area (Å²) >= 11 is 0.